The largest absolute Gasteiger partial charge is 0.478 e. The molecule has 0 saturated heterocycles. The van der Waals surface area contributed by atoms with Gasteiger partial charge in [-0.25, -0.2) is 5.10 Å². The fraction of sp³-hybridized carbons (Fsp3) is 0.357. The fourth-order valence-electron chi connectivity index (χ4n) is 1.60. The number of hydrogen-bond donors (Lipinski definition) is 2. The van der Waals surface area contributed by atoms with Gasteiger partial charge >= 0.3 is 0 Å². The van der Waals surface area contributed by atoms with Gasteiger partial charge in [-0.1, -0.05) is 30.3 Å². The van der Waals surface area contributed by atoms with Crippen molar-refractivity contribution >= 4 is 35.2 Å². The molecule has 0 aliphatic rings. The molecule has 0 radical (unpaired) electrons. The monoisotopic (exact) mass is 340 g/mol. The van der Waals surface area contributed by atoms with E-state index in [1.165, 1.54) is 11.8 Å². The number of nitrogens with zero attached hydrogens (tertiary/aromatic N) is 2. The smallest absolute Gasteiger partial charge is 0.270 e. The number of carbonyl (C=O) groups is 1. The van der Waals surface area contributed by atoms with Crippen molar-refractivity contribution in [2.24, 2.45) is 0 Å². The summed E-state index contributed by atoms with van der Waals surface area (Å²) in [6, 6.07) is 6.83. The molecule has 0 bridgehead atoms. The number of ether oxygens (including phenoxy) is 1. The molecular weight excluding hydrogens is 324 g/mol. The molecule has 0 aliphatic carbocycles. The first kappa shape index (κ1) is 16.6. The molecular formula is C14H17ClN4O2S. The second-order valence-electron chi connectivity index (χ2n) is 4.92. The van der Waals surface area contributed by atoms with Gasteiger partial charge in [-0.2, -0.15) is 4.98 Å². The minimum absolute atomic E-state index is 0.300. The maximum Gasteiger partial charge on any atom is 0.270 e. The molecule has 6 nitrogen and oxygen atoms in total. The van der Waals surface area contributed by atoms with Crippen molar-refractivity contribution in [1.29, 1.82) is 0 Å². The maximum absolute atomic E-state index is 12.3. The lowest BCUT2D eigenvalue weighted by Crippen LogP contribution is -2.42. The van der Waals surface area contributed by atoms with Crippen LogP contribution in [0.25, 0.3) is 0 Å². The molecule has 2 N–H and O–H groups in total. The van der Waals surface area contributed by atoms with E-state index in [-0.39, 0.29) is 5.91 Å². The third kappa shape index (κ3) is 4.38. The van der Waals surface area contributed by atoms with Gasteiger partial charge in [-0.3, -0.25) is 10.1 Å². The Kier molecular flexibility index (Phi) is 5.31. The van der Waals surface area contributed by atoms with Crippen LogP contribution in [0.1, 0.15) is 20.8 Å². The van der Waals surface area contributed by atoms with Gasteiger partial charge in [0.05, 0.1) is 0 Å². The Morgan fingerprint density at radius 3 is 2.73 bits per heavy atom. The number of thioether (sulfide) groups is 1. The lowest BCUT2D eigenvalue weighted by molar-refractivity contribution is -0.128. The number of amides is 1. The van der Waals surface area contributed by atoms with Gasteiger partial charge in [0.25, 0.3) is 5.91 Å². The highest BCUT2D eigenvalue weighted by Crippen LogP contribution is 2.22. The minimum Gasteiger partial charge on any atom is -0.478 e. The summed E-state index contributed by atoms with van der Waals surface area (Å²) in [7, 11) is 0. The number of rotatable bonds is 6. The molecule has 1 amide bonds. The van der Waals surface area contributed by atoms with E-state index in [0.717, 1.165) is 5.75 Å². The van der Waals surface area contributed by atoms with Crippen molar-refractivity contribution in [3.8, 4) is 5.75 Å². The standard InChI is InChI=1S/C14H17ClN4O2S/c1-4-22-13-17-12(18-19-13)16-11(20)14(2,3)21-10-7-5-9(15)6-8-10/h5-8H,4H2,1-3H3,(H2,16,17,18,19,20). The number of aromatic amines is 1. The highest BCUT2D eigenvalue weighted by Gasteiger charge is 2.30. The van der Waals surface area contributed by atoms with E-state index in [0.29, 0.717) is 21.9 Å². The molecule has 0 aliphatic heterocycles. The molecule has 1 aromatic carbocycles. The summed E-state index contributed by atoms with van der Waals surface area (Å²) in [6.07, 6.45) is 0. The highest BCUT2D eigenvalue weighted by atomic mass is 35.5. The normalized spacial score (nSPS) is 11.3. The SMILES string of the molecule is CCSc1n[nH]c(NC(=O)C(C)(C)Oc2ccc(Cl)cc2)n1. The molecule has 2 rings (SSSR count). The topological polar surface area (TPSA) is 79.9 Å². The first-order valence-electron chi connectivity index (χ1n) is 6.72. The number of anilines is 1. The lowest BCUT2D eigenvalue weighted by Gasteiger charge is -2.24. The molecule has 2 aromatic rings. The van der Waals surface area contributed by atoms with E-state index in [1.807, 2.05) is 6.92 Å². The van der Waals surface area contributed by atoms with Crippen LogP contribution in [-0.2, 0) is 4.79 Å². The van der Waals surface area contributed by atoms with Crippen LogP contribution in [0.2, 0.25) is 5.02 Å². The second kappa shape index (κ2) is 7.02. The van der Waals surface area contributed by atoms with Gasteiger partial charge in [0.1, 0.15) is 5.75 Å². The van der Waals surface area contributed by atoms with Crippen LogP contribution < -0.4 is 10.1 Å². The zero-order valence-corrected chi connectivity index (χ0v) is 14.1. The average Bonchev–Trinajstić information content (AvgIpc) is 2.89. The van der Waals surface area contributed by atoms with Crippen LogP contribution in [0.4, 0.5) is 5.95 Å². The second-order valence-corrected chi connectivity index (χ2v) is 6.59. The maximum atomic E-state index is 12.3. The summed E-state index contributed by atoms with van der Waals surface area (Å²) < 4.78 is 5.71. The Morgan fingerprint density at radius 1 is 1.41 bits per heavy atom. The molecule has 0 spiro atoms. The van der Waals surface area contributed by atoms with Gasteiger partial charge in [0, 0.05) is 5.02 Å². The quantitative estimate of drug-likeness (QED) is 0.788. The summed E-state index contributed by atoms with van der Waals surface area (Å²) in [6.45, 7) is 5.35. The summed E-state index contributed by atoms with van der Waals surface area (Å²) in [5, 5.41) is 10.5. The zero-order chi connectivity index (χ0) is 16.2. The van der Waals surface area contributed by atoms with Crippen molar-refractivity contribution in [2.75, 3.05) is 11.1 Å². The Hall–Kier alpha value is -1.73. The predicted molar refractivity (Wildman–Crippen MR) is 87.6 cm³/mol. The van der Waals surface area contributed by atoms with Gasteiger partial charge < -0.3 is 4.74 Å². The number of halogens is 1. The van der Waals surface area contributed by atoms with Gasteiger partial charge in [0.15, 0.2) is 5.60 Å². The lowest BCUT2D eigenvalue weighted by atomic mass is 10.1. The molecule has 8 heteroatoms. The Bertz CT molecular complexity index is 643. The van der Waals surface area contributed by atoms with Crippen LogP contribution in [0.5, 0.6) is 5.75 Å². The fourth-order valence-corrected chi connectivity index (χ4v) is 2.25. The summed E-state index contributed by atoms with van der Waals surface area (Å²) >= 11 is 7.31. The van der Waals surface area contributed by atoms with Crippen molar-refractivity contribution < 1.29 is 9.53 Å². The van der Waals surface area contributed by atoms with E-state index < -0.39 is 5.60 Å². The number of hydrogen-bond acceptors (Lipinski definition) is 5. The van der Waals surface area contributed by atoms with Gasteiger partial charge in [-0.05, 0) is 43.9 Å². The number of nitrogens with one attached hydrogen (secondary N) is 2. The van der Waals surface area contributed by atoms with Gasteiger partial charge in [-0.15, -0.1) is 5.10 Å². The Morgan fingerprint density at radius 2 is 2.09 bits per heavy atom. The Balaban J connectivity index is 2.01. The van der Waals surface area contributed by atoms with Crippen LogP contribution in [0.3, 0.4) is 0 Å². The highest BCUT2D eigenvalue weighted by molar-refractivity contribution is 7.99. The molecule has 0 atom stereocenters. The number of benzene rings is 1. The van der Waals surface area contributed by atoms with Crippen LogP contribution in [-0.4, -0.2) is 32.4 Å². The van der Waals surface area contributed by atoms with E-state index in [1.54, 1.807) is 38.1 Å². The van der Waals surface area contributed by atoms with Crippen LogP contribution in [0, 0.1) is 0 Å². The molecule has 1 aromatic heterocycles. The summed E-state index contributed by atoms with van der Waals surface area (Å²) in [4.78, 5) is 16.5. The minimum atomic E-state index is -1.07. The summed E-state index contributed by atoms with van der Waals surface area (Å²) in [5.74, 6) is 1.39. The van der Waals surface area contributed by atoms with Crippen LogP contribution in [0.15, 0.2) is 29.4 Å². The number of carbonyl (C=O) groups excluding carboxylic acids is 1. The third-order valence-corrected chi connectivity index (χ3v) is 3.69. The van der Waals surface area contributed by atoms with Crippen molar-refractivity contribution in [2.45, 2.75) is 31.5 Å². The zero-order valence-electron chi connectivity index (χ0n) is 12.5. The Labute approximate surface area is 138 Å². The molecule has 0 fully saturated rings. The van der Waals surface area contributed by atoms with Crippen molar-refractivity contribution in [3.63, 3.8) is 0 Å². The van der Waals surface area contributed by atoms with E-state index in [9.17, 15) is 4.79 Å². The van der Waals surface area contributed by atoms with Crippen molar-refractivity contribution in [3.05, 3.63) is 29.3 Å². The first-order chi connectivity index (χ1) is 10.4. The third-order valence-electron chi connectivity index (χ3n) is 2.70. The average molecular weight is 341 g/mol. The molecule has 118 valence electrons. The van der Waals surface area contributed by atoms with Crippen LogP contribution >= 0.6 is 23.4 Å². The van der Waals surface area contributed by atoms with E-state index in [2.05, 4.69) is 20.5 Å². The van der Waals surface area contributed by atoms with E-state index in [4.69, 9.17) is 16.3 Å². The molecule has 0 saturated carbocycles. The summed E-state index contributed by atoms with van der Waals surface area (Å²) in [5.41, 5.74) is -1.07. The first-order valence-corrected chi connectivity index (χ1v) is 8.08. The molecule has 0 unspecified atom stereocenters. The number of H-pyrrole nitrogens is 1. The predicted octanol–water partition coefficient (Wildman–Crippen LogP) is 3.37. The molecule has 22 heavy (non-hydrogen) atoms. The van der Waals surface area contributed by atoms with Gasteiger partial charge in [0.2, 0.25) is 11.1 Å². The van der Waals surface area contributed by atoms with Crippen molar-refractivity contribution in [1.82, 2.24) is 15.2 Å². The van der Waals surface area contributed by atoms with E-state index >= 15 is 0 Å². The molecule has 1 heterocycles. The number of aromatic nitrogens is 3.